The van der Waals surface area contributed by atoms with E-state index in [1.807, 2.05) is 32.0 Å². The lowest BCUT2D eigenvalue weighted by molar-refractivity contribution is -0.135. The molecule has 10 heteroatoms. The molecule has 7 nitrogen and oxygen atoms in total. The molecule has 0 bridgehead atoms. The first-order valence-corrected chi connectivity index (χ1v) is 12.5. The Balaban J connectivity index is 1.62. The molecule has 0 unspecified atom stereocenters. The third-order valence-electron chi connectivity index (χ3n) is 5.47. The molecule has 4 rings (SSSR count). The van der Waals surface area contributed by atoms with E-state index in [9.17, 15) is 13.2 Å². The zero-order chi connectivity index (χ0) is 23.8. The molecule has 0 amide bonds. The molecule has 1 aliphatic heterocycles. The van der Waals surface area contributed by atoms with Crippen molar-refractivity contribution in [3.8, 4) is 5.75 Å². The van der Waals surface area contributed by atoms with Crippen molar-refractivity contribution in [2.24, 2.45) is 0 Å². The summed E-state index contributed by atoms with van der Waals surface area (Å²) < 4.78 is 36.3. The van der Waals surface area contributed by atoms with Crippen LogP contribution in [0.3, 0.4) is 0 Å². The summed E-state index contributed by atoms with van der Waals surface area (Å²) in [6.45, 7) is 4.41. The molecule has 2 aromatic carbocycles. The zero-order valence-corrected chi connectivity index (χ0v) is 20.4. The number of hydrogen-bond acceptors (Lipinski definition) is 7. The number of pyridine rings is 1. The van der Waals surface area contributed by atoms with Gasteiger partial charge >= 0.3 is 16.1 Å². The molecule has 1 aliphatic rings. The number of fused-ring (bicyclic) bond motifs is 1. The molecule has 1 aromatic heterocycles. The molecule has 33 heavy (non-hydrogen) atoms. The number of nitrogens with zero attached hydrogens (tertiary/aromatic N) is 1. The first-order chi connectivity index (χ1) is 15.7. The molecular weight excluding hydrogens is 487 g/mol. The highest BCUT2D eigenvalue weighted by Crippen LogP contribution is 2.34. The number of hydrogen-bond donors (Lipinski definition) is 1. The summed E-state index contributed by atoms with van der Waals surface area (Å²) >= 11 is 12.7. The van der Waals surface area contributed by atoms with Gasteiger partial charge in [0.25, 0.3) is 0 Å². The summed E-state index contributed by atoms with van der Waals surface area (Å²) in [6.07, 6.45) is 1.28. The number of carbonyl (C=O) groups excluding carboxylic acids is 1. The minimum atomic E-state index is -4.44. The topological polar surface area (TPSA) is 94.6 Å². The Labute approximate surface area is 202 Å². The van der Waals surface area contributed by atoms with E-state index in [0.717, 1.165) is 23.1 Å². The molecule has 1 fully saturated rings. The fourth-order valence-corrected chi connectivity index (χ4v) is 5.58. The Bertz CT molecular complexity index is 1340. The predicted octanol–water partition coefficient (Wildman–Crippen LogP) is 4.72. The predicted molar refractivity (Wildman–Crippen MR) is 126 cm³/mol. The first kappa shape index (κ1) is 23.8. The maximum atomic E-state index is 12.8. The molecule has 0 aliphatic carbocycles. The highest BCUT2D eigenvalue weighted by atomic mass is 35.5. The number of nitrogens with one attached hydrogen (secondary N) is 1. The molecule has 0 spiro atoms. The molecule has 174 valence electrons. The van der Waals surface area contributed by atoms with Gasteiger partial charge in [-0.15, -0.1) is 0 Å². The number of benzene rings is 2. The van der Waals surface area contributed by atoms with Crippen molar-refractivity contribution in [3.05, 3.63) is 63.3 Å². The molecule has 1 atom stereocenters. The summed E-state index contributed by atoms with van der Waals surface area (Å²) in [5, 5.41) is 3.92. The number of para-hydroxylation sites is 1. The van der Waals surface area contributed by atoms with Crippen LogP contribution in [0.1, 0.15) is 29.7 Å². The van der Waals surface area contributed by atoms with E-state index in [1.54, 1.807) is 6.07 Å². The number of rotatable bonds is 6. The minimum absolute atomic E-state index is 0.104. The van der Waals surface area contributed by atoms with Gasteiger partial charge in [-0.25, -0.2) is 9.78 Å². The second-order valence-corrected chi connectivity index (χ2v) is 10.2. The van der Waals surface area contributed by atoms with Crippen LogP contribution in [0.2, 0.25) is 10.0 Å². The zero-order valence-electron chi connectivity index (χ0n) is 18.0. The van der Waals surface area contributed by atoms with E-state index in [4.69, 9.17) is 32.1 Å². The van der Waals surface area contributed by atoms with E-state index in [0.29, 0.717) is 24.2 Å². The third-order valence-corrected chi connectivity index (χ3v) is 7.63. The van der Waals surface area contributed by atoms with Crippen molar-refractivity contribution in [1.29, 1.82) is 0 Å². The van der Waals surface area contributed by atoms with Crippen LogP contribution in [0.4, 0.5) is 0 Å². The average molecular weight is 509 g/mol. The van der Waals surface area contributed by atoms with Crippen molar-refractivity contribution in [2.45, 2.75) is 44.2 Å². The monoisotopic (exact) mass is 508 g/mol. The van der Waals surface area contributed by atoms with Crippen LogP contribution in [0.5, 0.6) is 5.75 Å². The summed E-state index contributed by atoms with van der Waals surface area (Å²) in [5.41, 5.74) is 2.85. The van der Waals surface area contributed by atoms with E-state index >= 15 is 0 Å². The molecule has 2 heterocycles. The summed E-state index contributed by atoms with van der Waals surface area (Å²) in [5.74, 6) is -0.345. The minimum Gasteiger partial charge on any atom is -0.487 e. The number of halogens is 2. The maximum Gasteiger partial charge on any atom is 0.343 e. The van der Waals surface area contributed by atoms with Gasteiger partial charge in [0, 0.05) is 21.7 Å². The van der Waals surface area contributed by atoms with E-state index in [-0.39, 0.29) is 27.1 Å². The average Bonchev–Trinajstić information content (AvgIpc) is 3.28. The fraction of sp³-hybridized carbons (Fsp3) is 0.304. The van der Waals surface area contributed by atoms with Gasteiger partial charge in [-0.05, 0) is 63.1 Å². The standard InChI is InChI=1S/C23H22Cl2N2O5S/c1-13-11-14(2)27-22-15(13)5-3-7-19(22)31-12-16-17(24)8-9-20(21(16)25)33(29,30)32-23(28)18-6-4-10-26-18/h3,5,7-9,11,18,26H,4,6,10,12H2,1-2H3/t18-/m0/s1. The van der Waals surface area contributed by atoms with Crippen LogP contribution < -0.4 is 10.1 Å². The van der Waals surface area contributed by atoms with Crippen molar-refractivity contribution in [2.75, 3.05) is 6.54 Å². The van der Waals surface area contributed by atoms with Crippen LogP contribution >= 0.6 is 23.2 Å². The van der Waals surface area contributed by atoms with Gasteiger partial charge in [0.05, 0.1) is 5.02 Å². The van der Waals surface area contributed by atoms with Gasteiger partial charge in [0.2, 0.25) is 0 Å². The van der Waals surface area contributed by atoms with Crippen LogP contribution in [0, 0.1) is 13.8 Å². The maximum absolute atomic E-state index is 12.8. The van der Waals surface area contributed by atoms with Crippen molar-refractivity contribution in [3.63, 3.8) is 0 Å². The van der Waals surface area contributed by atoms with E-state index < -0.39 is 22.1 Å². The Hall–Kier alpha value is -2.39. The Morgan fingerprint density at radius 1 is 1.21 bits per heavy atom. The number of carbonyl (C=O) groups is 1. The lowest BCUT2D eigenvalue weighted by Gasteiger charge is -2.15. The molecule has 0 radical (unpaired) electrons. The van der Waals surface area contributed by atoms with Gasteiger partial charge in [-0.2, -0.15) is 8.42 Å². The van der Waals surface area contributed by atoms with Gasteiger partial charge < -0.3 is 14.2 Å². The summed E-state index contributed by atoms with van der Waals surface area (Å²) in [7, 11) is -4.44. The highest BCUT2D eigenvalue weighted by molar-refractivity contribution is 7.87. The second-order valence-electron chi connectivity index (χ2n) is 7.87. The lowest BCUT2D eigenvalue weighted by atomic mass is 10.1. The van der Waals surface area contributed by atoms with Crippen LogP contribution in [0.25, 0.3) is 10.9 Å². The number of aryl methyl sites for hydroxylation is 2. The smallest absolute Gasteiger partial charge is 0.343 e. The second kappa shape index (κ2) is 9.46. The Kier molecular flexibility index (Phi) is 6.81. The van der Waals surface area contributed by atoms with Gasteiger partial charge in [0.1, 0.15) is 28.8 Å². The van der Waals surface area contributed by atoms with Crippen LogP contribution in [-0.2, 0) is 25.7 Å². The van der Waals surface area contributed by atoms with Crippen LogP contribution in [-0.4, -0.2) is 32.0 Å². The highest BCUT2D eigenvalue weighted by Gasteiger charge is 2.31. The van der Waals surface area contributed by atoms with Gasteiger partial charge in [0.15, 0.2) is 0 Å². The number of ether oxygens (including phenoxy) is 1. The lowest BCUT2D eigenvalue weighted by Crippen LogP contribution is -2.33. The molecule has 3 aromatic rings. The molecule has 0 saturated carbocycles. The fourth-order valence-electron chi connectivity index (χ4n) is 3.82. The van der Waals surface area contributed by atoms with Crippen molar-refractivity contribution < 1.29 is 22.1 Å². The first-order valence-electron chi connectivity index (χ1n) is 10.4. The summed E-state index contributed by atoms with van der Waals surface area (Å²) in [6, 6.07) is 9.50. The SMILES string of the molecule is Cc1cc(C)c2cccc(OCc3c(Cl)ccc(S(=O)(=O)OC(=O)[C@@H]4CCCN4)c3Cl)c2n1. The Morgan fingerprint density at radius 3 is 2.73 bits per heavy atom. The number of aromatic nitrogens is 1. The Morgan fingerprint density at radius 2 is 2.00 bits per heavy atom. The van der Waals surface area contributed by atoms with Gasteiger partial charge in [-0.3, -0.25) is 0 Å². The van der Waals surface area contributed by atoms with Crippen LogP contribution in [0.15, 0.2) is 41.3 Å². The van der Waals surface area contributed by atoms with Crippen molar-refractivity contribution in [1.82, 2.24) is 10.3 Å². The molecule has 1 N–H and O–H groups in total. The largest absolute Gasteiger partial charge is 0.487 e. The quantitative estimate of drug-likeness (QED) is 0.481. The van der Waals surface area contributed by atoms with E-state index in [1.165, 1.54) is 12.1 Å². The summed E-state index contributed by atoms with van der Waals surface area (Å²) in [4.78, 5) is 16.4. The third kappa shape index (κ3) is 4.94. The van der Waals surface area contributed by atoms with Crippen molar-refractivity contribution >= 4 is 50.2 Å². The van der Waals surface area contributed by atoms with Gasteiger partial charge in [-0.1, -0.05) is 35.3 Å². The normalized spacial score (nSPS) is 16.2. The van der Waals surface area contributed by atoms with E-state index in [2.05, 4.69) is 10.3 Å². The molecule has 1 saturated heterocycles. The molecular formula is C23H22Cl2N2O5S.